The van der Waals surface area contributed by atoms with E-state index in [9.17, 15) is 19.8 Å². The Morgan fingerprint density at radius 2 is 0.627 bits per heavy atom. The summed E-state index contributed by atoms with van der Waals surface area (Å²) < 4.78 is 5.49. The fourth-order valence-corrected chi connectivity index (χ4v) is 10.4. The predicted octanol–water partition coefficient (Wildman–Crippen LogP) is 21.5. The molecule has 0 aromatic carbocycles. The Kier molecular flexibility index (Phi) is 63.0. The van der Waals surface area contributed by atoms with Crippen LogP contribution in [0.15, 0.2) is 36.5 Å². The number of hydrogen-bond acceptors (Lipinski definition) is 5. The fraction of sp³-hybridized carbons (Fsp3) is 0.884. The maximum atomic E-state index is 12.5. The monoisotopic (exact) mass is 1050 g/mol. The summed E-state index contributed by atoms with van der Waals surface area (Å²) in [7, 11) is 0. The van der Waals surface area contributed by atoms with Crippen LogP contribution in [0.25, 0.3) is 0 Å². The summed E-state index contributed by atoms with van der Waals surface area (Å²) in [4.78, 5) is 24.5. The highest BCUT2D eigenvalue weighted by atomic mass is 16.5. The lowest BCUT2D eigenvalue weighted by molar-refractivity contribution is -0.143. The summed E-state index contributed by atoms with van der Waals surface area (Å²) >= 11 is 0. The van der Waals surface area contributed by atoms with Crippen LogP contribution in [0.4, 0.5) is 0 Å². The van der Waals surface area contributed by atoms with Gasteiger partial charge in [0.2, 0.25) is 5.91 Å². The zero-order valence-corrected chi connectivity index (χ0v) is 50.5. The van der Waals surface area contributed by atoms with E-state index in [1.54, 1.807) is 6.08 Å². The van der Waals surface area contributed by atoms with Crippen LogP contribution in [0.1, 0.15) is 367 Å². The summed E-state index contributed by atoms with van der Waals surface area (Å²) in [5.74, 6) is -0.0566. The molecule has 2 unspecified atom stereocenters. The number of unbranched alkanes of at least 4 members (excludes halogenated alkanes) is 48. The number of esters is 1. The summed E-state index contributed by atoms with van der Waals surface area (Å²) in [6.07, 6.45) is 82.2. The van der Waals surface area contributed by atoms with E-state index in [4.69, 9.17) is 4.74 Å². The van der Waals surface area contributed by atoms with Gasteiger partial charge in [0.15, 0.2) is 0 Å². The van der Waals surface area contributed by atoms with Gasteiger partial charge in [0, 0.05) is 12.8 Å². The molecule has 6 nitrogen and oxygen atoms in total. The number of allylic oxidation sites excluding steroid dienone is 5. The molecule has 0 aliphatic rings. The predicted molar refractivity (Wildman–Crippen MR) is 329 cm³/mol. The van der Waals surface area contributed by atoms with E-state index in [1.807, 2.05) is 6.08 Å². The van der Waals surface area contributed by atoms with E-state index < -0.39 is 12.1 Å². The number of carbonyl (C=O) groups is 2. The Morgan fingerprint density at radius 3 is 0.947 bits per heavy atom. The van der Waals surface area contributed by atoms with Crippen molar-refractivity contribution in [3.05, 3.63) is 36.5 Å². The van der Waals surface area contributed by atoms with Crippen molar-refractivity contribution in [2.75, 3.05) is 13.2 Å². The van der Waals surface area contributed by atoms with Crippen LogP contribution in [-0.4, -0.2) is 47.4 Å². The number of aliphatic hydroxyl groups is 2. The molecule has 0 fully saturated rings. The number of amides is 1. The van der Waals surface area contributed by atoms with Crippen molar-refractivity contribution in [2.24, 2.45) is 0 Å². The van der Waals surface area contributed by atoms with Gasteiger partial charge in [-0.3, -0.25) is 9.59 Å². The first-order chi connectivity index (χ1) is 37.0. The summed E-state index contributed by atoms with van der Waals surface area (Å²) in [5, 5.41) is 23.1. The van der Waals surface area contributed by atoms with Gasteiger partial charge in [0.05, 0.1) is 25.4 Å². The Labute approximate surface area is 468 Å². The van der Waals surface area contributed by atoms with Gasteiger partial charge in [0.25, 0.3) is 0 Å². The maximum absolute atomic E-state index is 12.5. The van der Waals surface area contributed by atoms with Crippen molar-refractivity contribution in [1.82, 2.24) is 5.32 Å². The lowest BCUT2D eigenvalue weighted by atomic mass is 10.0. The highest BCUT2D eigenvalue weighted by molar-refractivity contribution is 5.76. The Hall–Kier alpha value is -1.92. The van der Waals surface area contributed by atoms with Gasteiger partial charge in [-0.15, -0.1) is 0 Å². The summed E-state index contributed by atoms with van der Waals surface area (Å²) in [6.45, 7) is 4.91. The third-order valence-corrected chi connectivity index (χ3v) is 15.6. The third-order valence-electron chi connectivity index (χ3n) is 15.6. The minimum atomic E-state index is -0.843. The molecule has 3 N–H and O–H groups in total. The van der Waals surface area contributed by atoms with E-state index in [2.05, 4.69) is 43.5 Å². The number of nitrogens with one attached hydrogen (secondary N) is 1. The number of hydrogen-bond donors (Lipinski definition) is 3. The van der Waals surface area contributed by atoms with Gasteiger partial charge in [-0.05, 0) is 83.5 Å². The Balaban J connectivity index is 3.37. The molecule has 0 bridgehead atoms. The van der Waals surface area contributed by atoms with Gasteiger partial charge < -0.3 is 20.3 Å². The van der Waals surface area contributed by atoms with Crippen LogP contribution < -0.4 is 5.32 Å². The first kappa shape index (κ1) is 73.1. The van der Waals surface area contributed by atoms with E-state index in [0.717, 1.165) is 44.9 Å². The van der Waals surface area contributed by atoms with Gasteiger partial charge in [-0.25, -0.2) is 0 Å². The van der Waals surface area contributed by atoms with E-state index >= 15 is 0 Å². The molecule has 0 heterocycles. The van der Waals surface area contributed by atoms with Crippen molar-refractivity contribution in [3.8, 4) is 0 Å². The highest BCUT2D eigenvalue weighted by Crippen LogP contribution is 2.18. The molecule has 0 aromatic rings. The van der Waals surface area contributed by atoms with Crippen molar-refractivity contribution in [2.45, 2.75) is 379 Å². The normalized spacial score (nSPS) is 12.7. The molecule has 0 aromatic heterocycles. The molecule has 2 atom stereocenters. The van der Waals surface area contributed by atoms with Crippen molar-refractivity contribution in [1.29, 1.82) is 0 Å². The first-order valence-corrected chi connectivity index (χ1v) is 33.8. The van der Waals surface area contributed by atoms with E-state index in [-0.39, 0.29) is 18.5 Å². The lowest BCUT2D eigenvalue weighted by Crippen LogP contribution is -2.45. The van der Waals surface area contributed by atoms with Crippen molar-refractivity contribution < 1.29 is 24.5 Å². The maximum Gasteiger partial charge on any atom is 0.305 e. The van der Waals surface area contributed by atoms with Gasteiger partial charge in [0.1, 0.15) is 0 Å². The smallest absolute Gasteiger partial charge is 0.305 e. The molecule has 75 heavy (non-hydrogen) atoms. The fourth-order valence-electron chi connectivity index (χ4n) is 10.4. The topological polar surface area (TPSA) is 95.9 Å². The number of ether oxygens (including phenoxy) is 1. The second-order valence-electron chi connectivity index (χ2n) is 23.1. The molecule has 0 rings (SSSR count). The average molecular weight is 1050 g/mol. The number of rotatable bonds is 63. The molecule has 1 amide bonds. The lowest BCUT2D eigenvalue weighted by Gasteiger charge is -2.20. The molecule has 0 saturated carbocycles. The molecule has 442 valence electrons. The van der Waals surface area contributed by atoms with Crippen molar-refractivity contribution in [3.63, 3.8) is 0 Å². The molecule has 0 aliphatic heterocycles. The van der Waals surface area contributed by atoms with Gasteiger partial charge >= 0.3 is 5.97 Å². The van der Waals surface area contributed by atoms with Gasteiger partial charge in [-0.1, -0.05) is 307 Å². The molecule has 0 radical (unpaired) electrons. The Morgan fingerprint density at radius 1 is 0.360 bits per heavy atom. The molecule has 6 heteroatoms. The first-order valence-electron chi connectivity index (χ1n) is 33.8. The minimum absolute atomic E-state index is 0.00901. The summed E-state index contributed by atoms with van der Waals surface area (Å²) in [5.41, 5.74) is 0. The Bertz CT molecular complexity index is 1210. The quantitative estimate of drug-likeness (QED) is 0.0320. The average Bonchev–Trinajstić information content (AvgIpc) is 3.41. The summed E-state index contributed by atoms with van der Waals surface area (Å²) in [6, 6.07) is -0.626. The zero-order valence-electron chi connectivity index (χ0n) is 50.5. The molecular weight excluding hydrogens is 923 g/mol. The van der Waals surface area contributed by atoms with Crippen LogP contribution in [-0.2, 0) is 14.3 Å². The number of aliphatic hydroxyl groups excluding tert-OH is 2. The molecule has 0 saturated heterocycles. The SMILES string of the molecule is CCCCCCCC/C=C\CCCCCCCC(=O)OCCCCCCCCCCCCCC/C=C\CCCCCCCCCCCCCCCCC(=O)NC(CO)C(O)/C=C/CCCCCCCCCCCCC. The van der Waals surface area contributed by atoms with Crippen molar-refractivity contribution >= 4 is 11.9 Å². The second-order valence-corrected chi connectivity index (χ2v) is 23.1. The third kappa shape index (κ3) is 61.2. The van der Waals surface area contributed by atoms with E-state index in [1.165, 1.54) is 295 Å². The molecule has 0 aliphatic carbocycles. The highest BCUT2D eigenvalue weighted by Gasteiger charge is 2.18. The largest absolute Gasteiger partial charge is 0.466 e. The van der Waals surface area contributed by atoms with E-state index in [0.29, 0.717) is 19.4 Å². The molecule has 0 spiro atoms. The zero-order chi connectivity index (χ0) is 54.3. The van der Waals surface area contributed by atoms with Crippen LogP contribution >= 0.6 is 0 Å². The van der Waals surface area contributed by atoms with Crippen LogP contribution in [0, 0.1) is 0 Å². The van der Waals surface area contributed by atoms with Crippen LogP contribution in [0.3, 0.4) is 0 Å². The minimum Gasteiger partial charge on any atom is -0.466 e. The van der Waals surface area contributed by atoms with Gasteiger partial charge in [-0.2, -0.15) is 0 Å². The molecular formula is C69H131NO5. The van der Waals surface area contributed by atoms with Crippen LogP contribution in [0.2, 0.25) is 0 Å². The van der Waals surface area contributed by atoms with Crippen LogP contribution in [0.5, 0.6) is 0 Å². The standard InChI is InChI=1S/C69H131NO5/c1-3-5-7-9-11-13-15-17-34-39-43-47-51-55-59-63-69(74)75-64-60-56-52-48-44-40-36-33-31-29-27-25-23-21-19-18-20-22-24-26-28-30-32-35-38-42-46-50-54-58-62-68(73)70-66(65-71)67(72)61-57-53-49-45-41-37-16-14-12-10-8-6-4-2/h17,19,21,34,57,61,66-67,71-72H,3-16,18,20,22-33,35-56,58-60,62-65H2,1-2H3,(H,70,73)/b21-19-,34-17-,61-57+. The number of carbonyl (C=O) groups excluding carboxylic acids is 2. The second kappa shape index (κ2) is 64.6.